The van der Waals surface area contributed by atoms with E-state index in [4.69, 9.17) is 15.2 Å². The number of esters is 2. The van der Waals surface area contributed by atoms with E-state index in [1.807, 2.05) is 20.8 Å². The summed E-state index contributed by atoms with van der Waals surface area (Å²) in [6.07, 6.45) is 3.22. The Bertz CT molecular complexity index is 747. The molecule has 1 atom stereocenters. The number of hydrogen-bond acceptors (Lipinski definition) is 6. The standard InChI is InChI=1S/C20H25NO5.ClH/c1-20(2,3)17(21)16(22)13-8-9-14(25-18(23)11-4-5-11)15(10-13)26-19(24)12-6-7-12;/h8-12,17H,4-7,21H2,1-3H3;1H. The number of nitrogens with two attached hydrogens (primary N) is 1. The molecule has 0 aromatic heterocycles. The molecule has 27 heavy (non-hydrogen) atoms. The zero-order valence-corrected chi connectivity index (χ0v) is 16.6. The Morgan fingerprint density at radius 1 is 0.963 bits per heavy atom. The summed E-state index contributed by atoms with van der Waals surface area (Å²) in [4.78, 5) is 36.7. The van der Waals surface area contributed by atoms with Crippen LogP contribution in [0.4, 0.5) is 0 Å². The highest BCUT2D eigenvalue weighted by atomic mass is 35.5. The Labute approximate surface area is 165 Å². The van der Waals surface area contributed by atoms with E-state index in [9.17, 15) is 14.4 Å². The van der Waals surface area contributed by atoms with Gasteiger partial charge in [-0.1, -0.05) is 20.8 Å². The molecule has 1 aromatic carbocycles. The molecular weight excluding hydrogens is 370 g/mol. The average molecular weight is 396 g/mol. The van der Waals surface area contributed by atoms with E-state index in [1.165, 1.54) is 12.1 Å². The van der Waals surface area contributed by atoms with E-state index >= 15 is 0 Å². The molecule has 1 aromatic rings. The Morgan fingerprint density at radius 2 is 1.44 bits per heavy atom. The van der Waals surface area contributed by atoms with Gasteiger partial charge in [0.25, 0.3) is 0 Å². The third-order valence-electron chi connectivity index (χ3n) is 4.69. The Kier molecular flexibility index (Phi) is 6.32. The van der Waals surface area contributed by atoms with Gasteiger partial charge in [-0.2, -0.15) is 0 Å². The maximum Gasteiger partial charge on any atom is 0.314 e. The van der Waals surface area contributed by atoms with Gasteiger partial charge < -0.3 is 15.2 Å². The van der Waals surface area contributed by atoms with Crippen LogP contribution >= 0.6 is 12.4 Å². The molecule has 2 N–H and O–H groups in total. The largest absolute Gasteiger partial charge is 0.422 e. The molecule has 0 amide bonds. The molecule has 0 spiro atoms. The SMILES string of the molecule is CC(C)(C)C(N)C(=O)c1ccc(OC(=O)C2CC2)c(OC(=O)C2CC2)c1.Cl. The van der Waals surface area contributed by atoms with Gasteiger partial charge in [-0.25, -0.2) is 0 Å². The number of hydrogen-bond donors (Lipinski definition) is 1. The van der Waals surface area contributed by atoms with E-state index in [0.29, 0.717) is 5.56 Å². The van der Waals surface area contributed by atoms with Crippen molar-refractivity contribution in [2.45, 2.75) is 52.5 Å². The summed E-state index contributed by atoms with van der Waals surface area (Å²) < 4.78 is 10.8. The Morgan fingerprint density at radius 3 is 1.89 bits per heavy atom. The van der Waals surface area contributed by atoms with Crippen LogP contribution in [0.25, 0.3) is 0 Å². The smallest absolute Gasteiger partial charge is 0.314 e. The number of ether oxygens (including phenoxy) is 2. The molecule has 2 aliphatic rings. The first-order valence-corrected chi connectivity index (χ1v) is 9.04. The summed E-state index contributed by atoms with van der Waals surface area (Å²) in [6, 6.07) is 3.80. The van der Waals surface area contributed by atoms with Crippen molar-refractivity contribution in [1.29, 1.82) is 0 Å². The first-order chi connectivity index (χ1) is 12.2. The van der Waals surface area contributed by atoms with Crippen molar-refractivity contribution in [2.24, 2.45) is 23.0 Å². The maximum atomic E-state index is 12.7. The van der Waals surface area contributed by atoms with Crippen LogP contribution in [0.15, 0.2) is 18.2 Å². The summed E-state index contributed by atoms with van der Waals surface area (Å²) >= 11 is 0. The number of benzene rings is 1. The molecule has 1 unspecified atom stereocenters. The number of rotatable bonds is 6. The fraction of sp³-hybridized carbons (Fsp3) is 0.550. The molecular formula is C20H26ClNO5. The van der Waals surface area contributed by atoms with Crippen LogP contribution < -0.4 is 15.2 Å². The molecule has 0 aliphatic heterocycles. The second kappa shape index (κ2) is 7.98. The number of carbonyl (C=O) groups is 3. The minimum absolute atomic E-state index is 0. The molecule has 7 heteroatoms. The molecule has 0 radical (unpaired) electrons. The monoisotopic (exact) mass is 395 g/mol. The summed E-state index contributed by atoms with van der Waals surface area (Å²) in [7, 11) is 0. The van der Waals surface area contributed by atoms with Gasteiger partial charge in [0, 0.05) is 5.56 Å². The second-order valence-electron chi connectivity index (χ2n) is 8.26. The normalized spacial score (nSPS) is 17.5. The quantitative estimate of drug-likeness (QED) is 0.451. The molecule has 3 rings (SSSR count). The maximum absolute atomic E-state index is 12.7. The lowest BCUT2D eigenvalue weighted by atomic mass is 9.83. The number of carbonyl (C=O) groups excluding carboxylic acids is 3. The summed E-state index contributed by atoms with van der Waals surface area (Å²) in [5.74, 6) is -0.880. The number of ketones is 1. The first-order valence-electron chi connectivity index (χ1n) is 9.04. The highest BCUT2D eigenvalue weighted by molar-refractivity contribution is 6.01. The van der Waals surface area contributed by atoms with Gasteiger partial charge in [-0.15, -0.1) is 12.4 Å². The van der Waals surface area contributed by atoms with Crippen molar-refractivity contribution in [2.75, 3.05) is 0 Å². The van der Waals surface area contributed by atoms with E-state index in [0.717, 1.165) is 25.7 Å². The molecule has 6 nitrogen and oxygen atoms in total. The molecule has 2 fully saturated rings. The van der Waals surface area contributed by atoms with Crippen LogP contribution in [0.1, 0.15) is 56.8 Å². The predicted octanol–water partition coefficient (Wildman–Crippen LogP) is 3.30. The van der Waals surface area contributed by atoms with Crippen LogP contribution in [0.2, 0.25) is 0 Å². The Balaban J connectivity index is 0.00000261. The molecule has 0 bridgehead atoms. The van der Waals surface area contributed by atoms with Crippen molar-refractivity contribution in [3.63, 3.8) is 0 Å². The fourth-order valence-electron chi connectivity index (χ4n) is 2.42. The third kappa shape index (κ3) is 5.30. The minimum atomic E-state index is -0.700. The van der Waals surface area contributed by atoms with Crippen LogP contribution in [0, 0.1) is 17.3 Å². The van der Waals surface area contributed by atoms with E-state index in [1.54, 1.807) is 6.07 Å². The Hall–Kier alpha value is -1.92. The molecule has 0 heterocycles. The van der Waals surface area contributed by atoms with Gasteiger partial charge >= 0.3 is 11.9 Å². The molecule has 148 valence electrons. The number of halogens is 1. The highest BCUT2D eigenvalue weighted by Gasteiger charge is 2.35. The van der Waals surface area contributed by atoms with Crippen LogP contribution in [-0.4, -0.2) is 23.8 Å². The van der Waals surface area contributed by atoms with Crippen molar-refractivity contribution >= 4 is 30.1 Å². The third-order valence-corrected chi connectivity index (χ3v) is 4.69. The zero-order valence-electron chi connectivity index (χ0n) is 15.8. The van der Waals surface area contributed by atoms with Crippen molar-refractivity contribution in [3.05, 3.63) is 23.8 Å². The lowest BCUT2D eigenvalue weighted by Gasteiger charge is -2.25. The first kappa shape index (κ1) is 21.4. The summed E-state index contributed by atoms with van der Waals surface area (Å²) in [5.41, 5.74) is 5.99. The predicted molar refractivity (Wildman–Crippen MR) is 102 cm³/mol. The molecule has 2 saturated carbocycles. The van der Waals surface area contributed by atoms with Crippen molar-refractivity contribution < 1.29 is 23.9 Å². The topological polar surface area (TPSA) is 95.7 Å². The lowest BCUT2D eigenvalue weighted by molar-refractivity contribution is -0.138. The fourth-order valence-corrected chi connectivity index (χ4v) is 2.42. The highest BCUT2D eigenvalue weighted by Crippen LogP contribution is 2.37. The average Bonchev–Trinajstić information content (AvgIpc) is 3.46. The molecule has 0 saturated heterocycles. The van der Waals surface area contributed by atoms with E-state index in [-0.39, 0.29) is 53.5 Å². The zero-order chi connectivity index (χ0) is 19.1. The van der Waals surface area contributed by atoms with Crippen LogP contribution in [0.3, 0.4) is 0 Å². The van der Waals surface area contributed by atoms with Crippen LogP contribution in [-0.2, 0) is 9.59 Å². The van der Waals surface area contributed by atoms with E-state index < -0.39 is 11.5 Å². The van der Waals surface area contributed by atoms with Gasteiger partial charge in [0.2, 0.25) is 0 Å². The molecule has 2 aliphatic carbocycles. The van der Waals surface area contributed by atoms with Crippen LogP contribution in [0.5, 0.6) is 11.5 Å². The van der Waals surface area contributed by atoms with Crippen molar-refractivity contribution in [3.8, 4) is 11.5 Å². The van der Waals surface area contributed by atoms with Gasteiger partial charge in [-0.3, -0.25) is 14.4 Å². The summed E-state index contributed by atoms with van der Waals surface area (Å²) in [6.45, 7) is 5.65. The number of Topliss-reactive ketones (excluding diaryl/α,β-unsaturated/α-hetero) is 1. The second-order valence-corrected chi connectivity index (χ2v) is 8.26. The van der Waals surface area contributed by atoms with Gasteiger partial charge in [0.1, 0.15) is 0 Å². The van der Waals surface area contributed by atoms with Gasteiger partial charge in [0.15, 0.2) is 17.3 Å². The lowest BCUT2D eigenvalue weighted by Crippen LogP contribution is -2.42. The van der Waals surface area contributed by atoms with Crippen molar-refractivity contribution in [1.82, 2.24) is 0 Å². The summed E-state index contributed by atoms with van der Waals surface area (Å²) in [5, 5.41) is 0. The van der Waals surface area contributed by atoms with E-state index in [2.05, 4.69) is 0 Å². The van der Waals surface area contributed by atoms with Gasteiger partial charge in [-0.05, 0) is 49.3 Å². The van der Waals surface area contributed by atoms with Gasteiger partial charge in [0.05, 0.1) is 17.9 Å². The minimum Gasteiger partial charge on any atom is -0.422 e.